The molecule has 1 nitrogen and oxygen atoms in total. The molecule has 0 saturated carbocycles. The fourth-order valence-electron chi connectivity index (χ4n) is 4.31. The van der Waals surface area contributed by atoms with E-state index in [1.807, 2.05) is 0 Å². The fraction of sp³-hybridized carbons (Fsp3) is 0.200. The molecule has 1 atom stereocenters. The van der Waals surface area contributed by atoms with Crippen molar-refractivity contribution in [2.45, 2.75) is 31.6 Å². The van der Waals surface area contributed by atoms with Crippen LogP contribution in [0.2, 0.25) is 0 Å². The maximum Gasteiger partial charge on any atom is 0.0461 e. The number of hydrogen-bond donors (Lipinski definition) is 1. The summed E-state index contributed by atoms with van der Waals surface area (Å²) in [6, 6.07) is 17.8. The number of fused-ring (bicyclic) bond motifs is 3. The lowest BCUT2D eigenvalue weighted by molar-refractivity contribution is 0.746. The van der Waals surface area contributed by atoms with Crippen molar-refractivity contribution in [1.29, 1.82) is 0 Å². The van der Waals surface area contributed by atoms with E-state index in [-0.39, 0.29) is 0 Å². The van der Waals surface area contributed by atoms with Crippen molar-refractivity contribution in [2.75, 3.05) is 0 Å². The molecule has 1 N–H and O–H groups in total. The monoisotopic (exact) mass is 337 g/mol. The van der Waals surface area contributed by atoms with E-state index in [0.29, 0.717) is 5.92 Å². The van der Waals surface area contributed by atoms with Gasteiger partial charge >= 0.3 is 0 Å². The van der Waals surface area contributed by atoms with Gasteiger partial charge in [0, 0.05) is 22.5 Å². The minimum atomic E-state index is 0.501. The zero-order valence-corrected chi connectivity index (χ0v) is 14.9. The van der Waals surface area contributed by atoms with E-state index in [0.717, 1.165) is 25.7 Å². The molecule has 1 aromatic heterocycles. The lowest BCUT2D eigenvalue weighted by atomic mass is 9.92. The van der Waals surface area contributed by atoms with Gasteiger partial charge in [-0.05, 0) is 66.2 Å². The van der Waals surface area contributed by atoms with Crippen LogP contribution in [0.25, 0.3) is 22.6 Å². The molecule has 2 aliphatic rings. The van der Waals surface area contributed by atoms with Crippen molar-refractivity contribution < 1.29 is 0 Å². The van der Waals surface area contributed by atoms with Crippen LogP contribution in [-0.2, 0) is 6.42 Å². The molecule has 3 aromatic rings. The molecule has 2 aliphatic carbocycles. The molecule has 0 amide bonds. The van der Waals surface area contributed by atoms with Crippen LogP contribution in [0.15, 0.2) is 72.8 Å². The second-order valence-corrected chi connectivity index (χ2v) is 7.35. The van der Waals surface area contributed by atoms with E-state index in [9.17, 15) is 0 Å². The van der Waals surface area contributed by atoms with E-state index >= 15 is 0 Å². The number of hydrogen-bond acceptors (Lipinski definition) is 0. The third-order valence-electron chi connectivity index (χ3n) is 5.75. The normalized spacial score (nSPS) is 19.2. The molecule has 1 heterocycles. The van der Waals surface area contributed by atoms with Crippen molar-refractivity contribution in [3.8, 4) is 0 Å². The van der Waals surface area contributed by atoms with Crippen LogP contribution in [0.4, 0.5) is 0 Å². The largest absolute Gasteiger partial charge is 0.355 e. The summed E-state index contributed by atoms with van der Waals surface area (Å²) in [6.07, 6.45) is 15.9. The predicted molar refractivity (Wildman–Crippen MR) is 111 cm³/mol. The maximum absolute atomic E-state index is 3.64. The van der Waals surface area contributed by atoms with Crippen molar-refractivity contribution in [2.24, 2.45) is 0 Å². The Hall–Kier alpha value is -2.80. The van der Waals surface area contributed by atoms with E-state index in [1.54, 1.807) is 0 Å². The lowest BCUT2D eigenvalue weighted by Gasteiger charge is -2.12. The minimum absolute atomic E-state index is 0.501. The molecule has 0 radical (unpaired) electrons. The molecule has 0 spiro atoms. The topological polar surface area (TPSA) is 15.8 Å². The molecule has 2 aromatic carbocycles. The zero-order valence-electron chi connectivity index (χ0n) is 14.9. The van der Waals surface area contributed by atoms with E-state index in [4.69, 9.17) is 0 Å². The van der Waals surface area contributed by atoms with E-state index in [2.05, 4.69) is 83.9 Å². The number of rotatable bonds is 2. The summed E-state index contributed by atoms with van der Waals surface area (Å²) in [5.41, 5.74) is 8.26. The Kier molecular flexibility index (Phi) is 3.86. The quantitative estimate of drug-likeness (QED) is 0.539. The molecule has 0 aliphatic heterocycles. The summed E-state index contributed by atoms with van der Waals surface area (Å²) in [7, 11) is 0. The molecule has 0 saturated heterocycles. The van der Waals surface area contributed by atoms with Crippen molar-refractivity contribution in [3.05, 3.63) is 95.2 Å². The number of aryl methyl sites for hydroxylation is 1. The summed E-state index contributed by atoms with van der Waals surface area (Å²) < 4.78 is 0. The van der Waals surface area contributed by atoms with Gasteiger partial charge in [0.25, 0.3) is 0 Å². The molecule has 128 valence electrons. The second kappa shape index (κ2) is 6.49. The van der Waals surface area contributed by atoms with Crippen LogP contribution in [0.3, 0.4) is 0 Å². The van der Waals surface area contributed by atoms with E-state index in [1.165, 1.54) is 38.9 Å². The number of aromatic amines is 1. The summed E-state index contributed by atoms with van der Waals surface area (Å²) >= 11 is 0. The molecule has 0 fully saturated rings. The highest BCUT2D eigenvalue weighted by atomic mass is 14.7. The average Bonchev–Trinajstić information content (AvgIpc) is 2.92. The summed E-state index contributed by atoms with van der Waals surface area (Å²) in [6.45, 7) is 0. The van der Waals surface area contributed by atoms with Gasteiger partial charge in [0.05, 0.1) is 0 Å². The fourth-order valence-corrected chi connectivity index (χ4v) is 4.31. The van der Waals surface area contributed by atoms with Crippen LogP contribution >= 0.6 is 0 Å². The predicted octanol–water partition coefficient (Wildman–Crippen LogP) is 6.64. The van der Waals surface area contributed by atoms with Crippen LogP contribution in [0, 0.1) is 0 Å². The first-order valence-electron chi connectivity index (χ1n) is 9.62. The molecular formula is C25H23N. The molecule has 1 heteroatoms. The Morgan fingerprint density at radius 2 is 1.88 bits per heavy atom. The highest BCUT2D eigenvalue weighted by molar-refractivity contribution is 5.90. The van der Waals surface area contributed by atoms with Crippen LogP contribution < -0.4 is 0 Å². The third-order valence-corrected chi connectivity index (χ3v) is 5.75. The molecule has 0 bridgehead atoms. The summed E-state index contributed by atoms with van der Waals surface area (Å²) in [4.78, 5) is 3.64. The summed E-state index contributed by atoms with van der Waals surface area (Å²) in [5.74, 6) is 0.501. The van der Waals surface area contributed by atoms with Crippen molar-refractivity contribution in [1.82, 2.24) is 4.98 Å². The van der Waals surface area contributed by atoms with Gasteiger partial charge in [-0.2, -0.15) is 0 Å². The molecule has 5 rings (SSSR count). The van der Waals surface area contributed by atoms with Gasteiger partial charge in [-0.15, -0.1) is 0 Å². The van der Waals surface area contributed by atoms with Gasteiger partial charge < -0.3 is 4.98 Å². The minimum Gasteiger partial charge on any atom is -0.355 e. The number of nitrogens with one attached hydrogen (secondary N) is 1. The second-order valence-electron chi connectivity index (χ2n) is 7.35. The Labute approximate surface area is 154 Å². The highest BCUT2D eigenvalue weighted by Crippen LogP contribution is 2.35. The van der Waals surface area contributed by atoms with Crippen LogP contribution in [-0.4, -0.2) is 4.98 Å². The van der Waals surface area contributed by atoms with Gasteiger partial charge in [-0.3, -0.25) is 0 Å². The Balaban J connectivity index is 1.52. The Morgan fingerprint density at radius 1 is 0.962 bits per heavy atom. The molecular weight excluding hydrogens is 314 g/mol. The summed E-state index contributed by atoms with van der Waals surface area (Å²) in [5, 5.41) is 1.39. The average molecular weight is 337 g/mol. The number of benzene rings is 2. The lowest BCUT2D eigenvalue weighted by Crippen LogP contribution is -1.96. The Morgan fingerprint density at radius 3 is 2.73 bits per heavy atom. The first-order valence-corrected chi connectivity index (χ1v) is 9.62. The van der Waals surface area contributed by atoms with Crippen molar-refractivity contribution in [3.63, 3.8) is 0 Å². The van der Waals surface area contributed by atoms with Crippen molar-refractivity contribution >= 4 is 22.6 Å². The number of H-pyrrole nitrogens is 1. The number of aromatic nitrogens is 1. The SMILES string of the molecule is C1=CCCC(c2ccc3[nH]c4c(c3c2)CCC(c2ccccc2)C=C4)=C1. The highest BCUT2D eigenvalue weighted by Gasteiger charge is 2.17. The smallest absolute Gasteiger partial charge is 0.0461 e. The Bertz CT molecular complexity index is 1030. The van der Waals surface area contributed by atoms with Gasteiger partial charge in [-0.25, -0.2) is 0 Å². The standard InChI is InChI=1S/C25H23N/c1-3-7-18(8-4-1)20-11-14-22-23-17-21(19-9-5-2-6-10-19)13-16-25(23)26-24(22)15-12-20/h1-5,7-9,12-13,15-17,20,26H,6,10-11,14H2. The van der Waals surface area contributed by atoms with Crippen LogP contribution in [0.1, 0.15) is 47.6 Å². The van der Waals surface area contributed by atoms with E-state index < -0.39 is 0 Å². The maximum atomic E-state index is 3.64. The van der Waals surface area contributed by atoms with Gasteiger partial charge in [0.15, 0.2) is 0 Å². The van der Waals surface area contributed by atoms with Crippen LogP contribution in [0.5, 0.6) is 0 Å². The van der Waals surface area contributed by atoms with Gasteiger partial charge in [0.2, 0.25) is 0 Å². The first kappa shape index (κ1) is 15.5. The molecule has 1 unspecified atom stereocenters. The zero-order chi connectivity index (χ0) is 17.3. The third kappa shape index (κ3) is 2.74. The molecule has 26 heavy (non-hydrogen) atoms. The first-order chi connectivity index (χ1) is 12.9. The van der Waals surface area contributed by atoms with Gasteiger partial charge in [-0.1, -0.05) is 60.7 Å². The number of allylic oxidation sites excluding steroid dienone is 5. The van der Waals surface area contributed by atoms with Gasteiger partial charge in [0.1, 0.15) is 0 Å².